The van der Waals surface area contributed by atoms with Gasteiger partial charge in [0.1, 0.15) is 10.6 Å². The van der Waals surface area contributed by atoms with E-state index in [4.69, 9.17) is 4.74 Å². The maximum absolute atomic E-state index is 12.6. The molecule has 26 heavy (non-hydrogen) atoms. The van der Waals surface area contributed by atoms with E-state index >= 15 is 0 Å². The third-order valence-electron chi connectivity index (χ3n) is 6.02. The van der Waals surface area contributed by atoms with E-state index in [2.05, 4.69) is 5.32 Å². The topological polar surface area (TPSA) is 78.9 Å². The molecule has 2 N–H and O–H groups in total. The number of thiophene rings is 1. The van der Waals surface area contributed by atoms with Gasteiger partial charge in [0.25, 0.3) is 5.91 Å². The summed E-state index contributed by atoms with van der Waals surface area (Å²) in [7, 11) is 1.56. The summed E-state index contributed by atoms with van der Waals surface area (Å²) in [6.45, 7) is 1.25. The molecule has 1 aromatic rings. The Morgan fingerprint density at radius 1 is 1.38 bits per heavy atom. The van der Waals surface area contributed by atoms with Gasteiger partial charge in [-0.2, -0.15) is 0 Å². The molecular formula is C19H26N2O4S. The molecule has 2 aliphatic carbocycles. The smallest absolute Gasteiger partial charge is 0.267 e. The van der Waals surface area contributed by atoms with Gasteiger partial charge in [0.05, 0.1) is 12.7 Å². The van der Waals surface area contributed by atoms with Crippen molar-refractivity contribution in [3.8, 4) is 5.75 Å². The number of hydrogen-bond acceptors (Lipinski definition) is 5. The van der Waals surface area contributed by atoms with Gasteiger partial charge in [-0.25, -0.2) is 0 Å². The molecule has 3 aliphatic rings. The second kappa shape index (κ2) is 6.85. The van der Waals surface area contributed by atoms with E-state index in [1.165, 1.54) is 24.2 Å². The van der Waals surface area contributed by atoms with Crippen molar-refractivity contribution in [2.24, 2.45) is 17.8 Å². The van der Waals surface area contributed by atoms with Crippen LogP contribution in [0.5, 0.6) is 5.75 Å². The van der Waals surface area contributed by atoms with Crippen LogP contribution >= 0.6 is 11.3 Å². The highest BCUT2D eigenvalue weighted by Gasteiger charge is 2.51. The standard InChI is InChI=1S/C19H26N2O4S/c1-25-15-4-9-26-16(15)18(23)21-7-5-19(24,6-8-21)11-20-17(22)14-10-13(14)12-2-3-12/h4,9,12-14,24H,2-3,5-8,10-11H2,1H3,(H,20,22)/t13-,14+/m0/s1. The lowest BCUT2D eigenvalue weighted by molar-refractivity contribution is -0.124. The van der Waals surface area contributed by atoms with Crippen LogP contribution in [-0.2, 0) is 4.79 Å². The van der Waals surface area contributed by atoms with Gasteiger partial charge in [-0.15, -0.1) is 11.3 Å². The summed E-state index contributed by atoms with van der Waals surface area (Å²) < 4.78 is 5.23. The lowest BCUT2D eigenvalue weighted by Crippen LogP contribution is -2.52. The van der Waals surface area contributed by atoms with Crippen LogP contribution in [0, 0.1) is 17.8 Å². The molecule has 1 aliphatic heterocycles. The number of piperidine rings is 1. The number of ether oxygens (including phenoxy) is 1. The third-order valence-corrected chi connectivity index (χ3v) is 6.90. The molecule has 2 saturated carbocycles. The minimum absolute atomic E-state index is 0.0480. The molecule has 142 valence electrons. The highest BCUT2D eigenvalue weighted by atomic mass is 32.1. The fourth-order valence-electron chi connectivity index (χ4n) is 4.00. The monoisotopic (exact) mass is 378 g/mol. The first-order valence-corrected chi connectivity index (χ1v) is 10.3. The molecule has 2 amide bonds. The Labute approximate surface area is 157 Å². The quantitative estimate of drug-likeness (QED) is 0.792. The molecule has 2 heterocycles. The number of nitrogens with zero attached hydrogens (tertiary/aromatic N) is 1. The van der Waals surface area contributed by atoms with Gasteiger partial charge in [0, 0.05) is 25.6 Å². The molecule has 4 rings (SSSR count). The van der Waals surface area contributed by atoms with Crippen LogP contribution in [0.15, 0.2) is 11.4 Å². The van der Waals surface area contributed by atoms with Crippen LogP contribution < -0.4 is 10.1 Å². The molecule has 6 nitrogen and oxygen atoms in total. The van der Waals surface area contributed by atoms with Gasteiger partial charge in [0.2, 0.25) is 5.91 Å². The minimum atomic E-state index is -0.921. The average Bonchev–Trinajstić information content (AvgIpc) is 3.55. The molecule has 3 fully saturated rings. The van der Waals surface area contributed by atoms with Gasteiger partial charge in [0.15, 0.2) is 0 Å². The van der Waals surface area contributed by atoms with E-state index in [1.54, 1.807) is 18.1 Å². The van der Waals surface area contributed by atoms with E-state index in [0.717, 1.165) is 12.3 Å². The summed E-state index contributed by atoms with van der Waals surface area (Å²) in [5.74, 6) is 2.18. The number of hydrogen-bond donors (Lipinski definition) is 2. The highest BCUT2D eigenvalue weighted by molar-refractivity contribution is 7.12. The lowest BCUT2D eigenvalue weighted by atomic mass is 9.91. The second-order valence-corrected chi connectivity index (χ2v) is 8.81. The molecule has 0 radical (unpaired) electrons. The molecule has 0 bridgehead atoms. The molecule has 0 unspecified atom stereocenters. The van der Waals surface area contributed by atoms with Crippen molar-refractivity contribution in [2.45, 2.75) is 37.7 Å². The summed E-state index contributed by atoms with van der Waals surface area (Å²) in [5.41, 5.74) is -0.921. The summed E-state index contributed by atoms with van der Waals surface area (Å²) >= 11 is 1.37. The lowest BCUT2D eigenvalue weighted by Gasteiger charge is -2.38. The first-order chi connectivity index (χ1) is 12.5. The van der Waals surface area contributed by atoms with Crippen LogP contribution in [-0.4, -0.2) is 54.2 Å². The first kappa shape index (κ1) is 17.8. The van der Waals surface area contributed by atoms with E-state index < -0.39 is 5.60 Å². The van der Waals surface area contributed by atoms with Gasteiger partial charge in [-0.05, 0) is 55.4 Å². The maximum atomic E-state index is 12.6. The Kier molecular flexibility index (Phi) is 4.69. The molecule has 2 atom stereocenters. The fourth-order valence-corrected chi connectivity index (χ4v) is 4.83. The van der Waals surface area contributed by atoms with Crippen molar-refractivity contribution >= 4 is 23.2 Å². The van der Waals surface area contributed by atoms with Crippen molar-refractivity contribution < 1.29 is 19.4 Å². The van der Waals surface area contributed by atoms with Gasteiger partial charge in [-0.1, -0.05) is 0 Å². The highest BCUT2D eigenvalue weighted by Crippen LogP contribution is 2.54. The zero-order valence-electron chi connectivity index (χ0n) is 15.1. The number of carbonyl (C=O) groups excluding carboxylic acids is 2. The molecule has 0 aromatic carbocycles. The molecule has 1 saturated heterocycles. The summed E-state index contributed by atoms with van der Waals surface area (Å²) in [4.78, 5) is 27.2. The Morgan fingerprint density at radius 2 is 2.12 bits per heavy atom. The number of carbonyl (C=O) groups is 2. The van der Waals surface area contributed by atoms with E-state index in [-0.39, 0.29) is 24.3 Å². The molecule has 7 heteroatoms. The number of nitrogens with one attached hydrogen (secondary N) is 1. The van der Waals surface area contributed by atoms with Gasteiger partial charge < -0.3 is 20.1 Å². The van der Waals surface area contributed by atoms with Crippen LogP contribution in [0.2, 0.25) is 0 Å². The minimum Gasteiger partial charge on any atom is -0.495 e. The predicted octanol–water partition coefficient (Wildman–Crippen LogP) is 1.89. The number of rotatable bonds is 6. The van der Waals surface area contributed by atoms with Crippen LogP contribution in [0.3, 0.4) is 0 Å². The normalized spacial score (nSPS) is 27.1. The first-order valence-electron chi connectivity index (χ1n) is 9.41. The predicted molar refractivity (Wildman–Crippen MR) is 98.3 cm³/mol. The summed E-state index contributed by atoms with van der Waals surface area (Å²) in [6.07, 6.45) is 4.52. The fraction of sp³-hybridized carbons (Fsp3) is 0.684. The number of amides is 2. The van der Waals surface area contributed by atoms with Crippen LogP contribution in [0.25, 0.3) is 0 Å². The van der Waals surface area contributed by atoms with Crippen LogP contribution in [0.4, 0.5) is 0 Å². The Morgan fingerprint density at radius 3 is 2.77 bits per heavy atom. The van der Waals surface area contributed by atoms with Crippen LogP contribution in [0.1, 0.15) is 41.8 Å². The van der Waals surface area contributed by atoms with Crippen molar-refractivity contribution in [1.29, 1.82) is 0 Å². The average molecular weight is 378 g/mol. The van der Waals surface area contributed by atoms with E-state index in [9.17, 15) is 14.7 Å². The van der Waals surface area contributed by atoms with Crippen molar-refractivity contribution in [2.75, 3.05) is 26.7 Å². The number of methoxy groups -OCH3 is 1. The largest absolute Gasteiger partial charge is 0.495 e. The third kappa shape index (κ3) is 3.60. The molecule has 0 spiro atoms. The zero-order valence-corrected chi connectivity index (χ0v) is 15.9. The SMILES string of the molecule is COc1ccsc1C(=O)N1CCC(O)(CNC(=O)[C@@H]2C[C@H]2C2CC2)CC1. The van der Waals surface area contributed by atoms with E-state index in [0.29, 0.717) is 42.5 Å². The Bertz CT molecular complexity index is 691. The second-order valence-electron chi connectivity index (χ2n) is 7.90. The summed E-state index contributed by atoms with van der Waals surface area (Å²) in [6, 6.07) is 1.79. The van der Waals surface area contributed by atoms with Gasteiger partial charge in [-0.3, -0.25) is 9.59 Å². The van der Waals surface area contributed by atoms with Crippen molar-refractivity contribution in [1.82, 2.24) is 10.2 Å². The number of likely N-dealkylation sites (tertiary alicyclic amines) is 1. The Balaban J connectivity index is 1.25. The Hall–Kier alpha value is -1.60. The summed E-state index contributed by atoms with van der Waals surface area (Å²) in [5, 5.41) is 15.6. The molecular weight excluding hydrogens is 352 g/mol. The van der Waals surface area contributed by atoms with E-state index in [1.807, 2.05) is 5.38 Å². The zero-order chi connectivity index (χ0) is 18.3. The van der Waals surface area contributed by atoms with Crippen molar-refractivity contribution in [3.05, 3.63) is 16.3 Å². The maximum Gasteiger partial charge on any atom is 0.267 e. The van der Waals surface area contributed by atoms with Crippen molar-refractivity contribution in [3.63, 3.8) is 0 Å². The number of aliphatic hydroxyl groups is 1. The van der Waals surface area contributed by atoms with Gasteiger partial charge >= 0.3 is 0 Å². The molecule has 1 aromatic heterocycles.